The lowest BCUT2D eigenvalue weighted by Gasteiger charge is -2.18. The SMILES string of the molecule is C=CC(=O)NC(c1ccccc1)c1ccccc1.C=CC(=O)NCc1ccc(C(F)(F)F)cc1. The molecule has 0 aliphatic heterocycles. The van der Waals surface area contributed by atoms with E-state index in [0.717, 1.165) is 29.3 Å². The van der Waals surface area contributed by atoms with Crippen LogP contribution in [0.1, 0.15) is 28.3 Å². The Bertz CT molecular complexity index is 1040. The first-order valence-corrected chi connectivity index (χ1v) is 10.3. The number of halogens is 3. The van der Waals surface area contributed by atoms with Crippen molar-refractivity contribution in [2.45, 2.75) is 18.8 Å². The van der Waals surface area contributed by atoms with E-state index >= 15 is 0 Å². The molecule has 3 aromatic carbocycles. The molecular formula is C27H25F3N2O2. The Hall–Kier alpha value is -4.13. The molecule has 0 fully saturated rings. The largest absolute Gasteiger partial charge is 0.416 e. The summed E-state index contributed by atoms with van der Waals surface area (Å²) in [5.41, 5.74) is 2.01. The zero-order valence-electron chi connectivity index (χ0n) is 18.4. The third kappa shape index (κ3) is 8.43. The van der Waals surface area contributed by atoms with Crippen molar-refractivity contribution in [3.63, 3.8) is 0 Å². The van der Waals surface area contributed by atoms with Crippen molar-refractivity contribution >= 4 is 11.8 Å². The predicted octanol–water partition coefficient (Wildman–Crippen LogP) is 5.59. The van der Waals surface area contributed by atoms with Gasteiger partial charge in [-0.1, -0.05) is 86.0 Å². The Morgan fingerprint density at radius 1 is 0.765 bits per heavy atom. The van der Waals surface area contributed by atoms with Gasteiger partial charge in [-0.05, 0) is 41.0 Å². The first-order valence-electron chi connectivity index (χ1n) is 10.3. The van der Waals surface area contributed by atoms with Gasteiger partial charge in [-0.15, -0.1) is 0 Å². The van der Waals surface area contributed by atoms with Gasteiger partial charge in [0.15, 0.2) is 0 Å². The molecule has 0 aliphatic carbocycles. The molecule has 2 amide bonds. The summed E-state index contributed by atoms with van der Waals surface area (Å²) in [7, 11) is 0. The van der Waals surface area contributed by atoms with E-state index in [1.54, 1.807) is 0 Å². The molecule has 176 valence electrons. The van der Waals surface area contributed by atoms with E-state index in [1.165, 1.54) is 18.2 Å². The summed E-state index contributed by atoms with van der Waals surface area (Å²) in [6.07, 6.45) is -1.94. The molecule has 0 aromatic heterocycles. The summed E-state index contributed by atoms with van der Waals surface area (Å²) in [5, 5.41) is 5.41. The van der Waals surface area contributed by atoms with Crippen LogP contribution in [0.2, 0.25) is 0 Å². The average Bonchev–Trinajstić information content (AvgIpc) is 2.86. The highest BCUT2D eigenvalue weighted by Gasteiger charge is 2.29. The number of hydrogen-bond acceptors (Lipinski definition) is 2. The van der Waals surface area contributed by atoms with E-state index in [4.69, 9.17) is 0 Å². The van der Waals surface area contributed by atoms with Crippen molar-refractivity contribution in [1.82, 2.24) is 10.6 Å². The van der Waals surface area contributed by atoms with Crippen LogP contribution in [0.4, 0.5) is 13.2 Å². The summed E-state index contributed by atoms with van der Waals surface area (Å²) >= 11 is 0. The van der Waals surface area contributed by atoms with Crippen LogP contribution in [0, 0.1) is 0 Å². The lowest BCUT2D eigenvalue weighted by Crippen LogP contribution is -2.27. The van der Waals surface area contributed by atoms with Gasteiger partial charge >= 0.3 is 6.18 Å². The second-order valence-electron chi connectivity index (χ2n) is 7.08. The fourth-order valence-electron chi connectivity index (χ4n) is 2.92. The summed E-state index contributed by atoms with van der Waals surface area (Å²) in [6, 6.07) is 24.3. The molecular weight excluding hydrogens is 441 g/mol. The second-order valence-corrected chi connectivity index (χ2v) is 7.08. The summed E-state index contributed by atoms with van der Waals surface area (Å²) in [6.45, 7) is 6.93. The molecule has 3 aromatic rings. The highest BCUT2D eigenvalue weighted by Crippen LogP contribution is 2.29. The van der Waals surface area contributed by atoms with Gasteiger partial charge in [-0.25, -0.2) is 0 Å². The number of alkyl halides is 3. The van der Waals surface area contributed by atoms with E-state index in [9.17, 15) is 22.8 Å². The van der Waals surface area contributed by atoms with Gasteiger partial charge < -0.3 is 10.6 Å². The molecule has 4 nitrogen and oxygen atoms in total. The maximum Gasteiger partial charge on any atom is 0.416 e. The van der Waals surface area contributed by atoms with E-state index in [0.29, 0.717) is 5.56 Å². The van der Waals surface area contributed by atoms with Crippen LogP contribution < -0.4 is 10.6 Å². The Labute approximate surface area is 196 Å². The minimum Gasteiger partial charge on any atom is -0.348 e. The molecule has 0 unspecified atom stereocenters. The van der Waals surface area contributed by atoms with Crippen LogP contribution >= 0.6 is 0 Å². The lowest BCUT2D eigenvalue weighted by atomic mass is 9.99. The van der Waals surface area contributed by atoms with Crippen LogP contribution in [0.15, 0.2) is 110 Å². The lowest BCUT2D eigenvalue weighted by molar-refractivity contribution is -0.137. The smallest absolute Gasteiger partial charge is 0.348 e. The van der Waals surface area contributed by atoms with Gasteiger partial charge in [0.25, 0.3) is 0 Å². The maximum absolute atomic E-state index is 12.2. The standard InChI is InChI=1S/C16H15NO.C11H10F3NO/c1-2-15(18)17-16(13-9-5-3-6-10-13)14-11-7-4-8-12-14;1-2-10(16)15-7-8-3-5-9(6-4-8)11(12,13)14/h2-12,16H,1H2,(H,17,18);2-6H,1,7H2,(H,15,16). The predicted molar refractivity (Wildman–Crippen MR) is 127 cm³/mol. The molecule has 0 bridgehead atoms. The van der Waals surface area contributed by atoms with Crippen molar-refractivity contribution in [2.75, 3.05) is 0 Å². The monoisotopic (exact) mass is 466 g/mol. The Balaban J connectivity index is 0.000000242. The van der Waals surface area contributed by atoms with Crippen molar-refractivity contribution in [2.24, 2.45) is 0 Å². The summed E-state index contributed by atoms with van der Waals surface area (Å²) in [4.78, 5) is 22.3. The van der Waals surface area contributed by atoms with Crippen molar-refractivity contribution in [3.8, 4) is 0 Å². The van der Waals surface area contributed by atoms with Crippen molar-refractivity contribution in [3.05, 3.63) is 132 Å². The number of benzene rings is 3. The van der Waals surface area contributed by atoms with Gasteiger partial charge in [0.2, 0.25) is 11.8 Å². The minimum absolute atomic E-state index is 0.141. The van der Waals surface area contributed by atoms with E-state index < -0.39 is 11.7 Å². The molecule has 0 heterocycles. The highest BCUT2D eigenvalue weighted by atomic mass is 19.4. The summed E-state index contributed by atoms with van der Waals surface area (Å²) < 4.78 is 36.6. The third-order valence-electron chi connectivity index (χ3n) is 4.67. The zero-order chi connectivity index (χ0) is 25.0. The normalized spacial score (nSPS) is 10.5. The molecule has 0 saturated carbocycles. The van der Waals surface area contributed by atoms with Gasteiger partial charge in [-0.2, -0.15) is 13.2 Å². The Morgan fingerprint density at radius 3 is 1.65 bits per heavy atom. The van der Waals surface area contributed by atoms with Crippen LogP contribution in [0.3, 0.4) is 0 Å². The third-order valence-corrected chi connectivity index (χ3v) is 4.67. The fraction of sp³-hybridized carbons (Fsp3) is 0.111. The molecule has 3 rings (SSSR count). The molecule has 0 atom stereocenters. The quantitative estimate of drug-likeness (QED) is 0.446. The number of carbonyl (C=O) groups excluding carboxylic acids is 2. The van der Waals surface area contributed by atoms with Gasteiger partial charge in [0.1, 0.15) is 0 Å². The number of rotatable bonds is 7. The molecule has 0 aliphatic rings. The molecule has 0 radical (unpaired) electrons. The van der Waals surface area contributed by atoms with Crippen LogP contribution in [-0.4, -0.2) is 11.8 Å². The Kier molecular flexibility index (Phi) is 9.83. The highest BCUT2D eigenvalue weighted by molar-refractivity contribution is 5.87. The number of nitrogens with one attached hydrogen (secondary N) is 2. The first kappa shape index (κ1) is 26.1. The number of carbonyl (C=O) groups is 2. The van der Waals surface area contributed by atoms with Crippen LogP contribution in [0.5, 0.6) is 0 Å². The van der Waals surface area contributed by atoms with Gasteiger partial charge in [-0.3, -0.25) is 9.59 Å². The van der Waals surface area contributed by atoms with Crippen molar-refractivity contribution < 1.29 is 22.8 Å². The summed E-state index contributed by atoms with van der Waals surface area (Å²) in [5.74, 6) is -0.535. The minimum atomic E-state index is -4.33. The van der Waals surface area contributed by atoms with Crippen LogP contribution in [0.25, 0.3) is 0 Å². The molecule has 2 N–H and O–H groups in total. The maximum atomic E-state index is 12.2. The number of amides is 2. The van der Waals surface area contributed by atoms with Crippen LogP contribution in [-0.2, 0) is 22.3 Å². The van der Waals surface area contributed by atoms with E-state index in [2.05, 4.69) is 23.8 Å². The molecule has 0 spiro atoms. The van der Waals surface area contributed by atoms with Gasteiger partial charge in [0.05, 0.1) is 11.6 Å². The second kappa shape index (κ2) is 12.8. The zero-order valence-corrected chi connectivity index (χ0v) is 18.4. The first-order chi connectivity index (χ1) is 16.2. The molecule has 0 saturated heterocycles. The molecule has 7 heteroatoms. The van der Waals surface area contributed by atoms with Crippen molar-refractivity contribution in [1.29, 1.82) is 0 Å². The van der Waals surface area contributed by atoms with Gasteiger partial charge in [0, 0.05) is 6.54 Å². The molecule has 34 heavy (non-hydrogen) atoms. The topological polar surface area (TPSA) is 58.2 Å². The average molecular weight is 467 g/mol. The van der Waals surface area contributed by atoms with E-state index in [-0.39, 0.29) is 24.4 Å². The Morgan fingerprint density at radius 2 is 1.24 bits per heavy atom. The fourth-order valence-corrected chi connectivity index (χ4v) is 2.92. The number of hydrogen-bond donors (Lipinski definition) is 2. The van der Waals surface area contributed by atoms with E-state index in [1.807, 2.05) is 60.7 Å².